The maximum Gasteiger partial charge on any atom is 0.123 e. The average molecular weight is 385 g/mol. The maximum absolute atomic E-state index is 10.4. The van der Waals surface area contributed by atoms with Crippen molar-refractivity contribution in [3.8, 4) is 22.6 Å². The van der Waals surface area contributed by atoms with E-state index in [1.54, 1.807) is 6.07 Å². The standard InChI is InChI=1S/C27H28O2/c1-4-7-21-13-15-26(28)25(17-21)23-14-16-27(24(18-23)8-5-2)29-19-22-11-9-20(6-3)10-12-22/h4-5,9-18,28H,1-2,6-8,19H2,3H3. The Kier molecular flexibility index (Phi) is 6.91. The van der Waals surface area contributed by atoms with Gasteiger partial charge in [0.1, 0.15) is 18.1 Å². The van der Waals surface area contributed by atoms with Gasteiger partial charge in [-0.3, -0.25) is 0 Å². The molecule has 29 heavy (non-hydrogen) atoms. The first kappa shape index (κ1) is 20.5. The number of allylic oxidation sites excluding steroid dienone is 2. The fourth-order valence-electron chi connectivity index (χ4n) is 3.34. The highest BCUT2D eigenvalue weighted by molar-refractivity contribution is 5.72. The summed E-state index contributed by atoms with van der Waals surface area (Å²) in [6.07, 6.45) is 6.24. The monoisotopic (exact) mass is 384 g/mol. The molecule has 0 saturated carbocycles. The molecule has 2 heteroatoms. The highest BCUT2D eigenvalue weighted by Gasteiger charge is 2.10. The summed E-state index contributed by atoms with van der Waals surface area (Å²) in [5, 5.41) is 10.4. The number of phenols is 1. The molecule has 3 aromatic carbocycles. The van der Waals surface area contributed by atoms with Crippen LogP contribution in [0.15, 0.2) is 86.0 Å². The molecule has 0 bridgehead atoms. The number of hydrogen-bond acceptors (Lipinski definition) is 2. The van der Waals surface area contributed by atoms with E-state index in [2.05, 4.69) is 50.4 Å². The zero-order chi connectivity index (χ0) is 20.6. The summed E-state index contributed by atoms with van der Waals surface area (Å²) in [6.45, 7) is 10.3. The van der Waals surface area contributed by atoms with E-state index in [9.17, 15) is 5.11 Å². The van der Waals surface area contributed by atoms with Gasteiger partial charge in [0, 0.05) is 5.56 Å². The fourth-order valence-corrected chi connectivity index (χ4v) is 3.34. The van der Waals surface area contributed by atoms with Crippen LogP contribution >= 0.6 is 0 Å². The van der Waals surface area contributed by atoms with Gasteiger partial charge in [0.15, 0.2) is 0 Å². The van der Waals surface area contributed by atoms with Gasteiger partial charge in [-0.05, 0) is 71.3 Å². The van der Waals surface area contributed by atoms with Crippen LogP contribution < -0.4 is 4.74 Å². The van der Waals surface area contributed by atoms with E-state index < -0.39 is 0 Å². The zero-order valence-electron chi connectivity index (χ0n) is 17.0. The van der Waals surface area contributed by atoms with Gasteiger partial charge in [-0.1, -0.05) is 55.5 Å². The van der Waals surface area contributed by atoms with Crippen LogP contribution in [0.5, 0.6) is 11.5 Å². The Morgan fingerprint density at radius 3 is 2.21 bits per heavy atom. The van der Waals surface area contributed by atoms with Crippen LogP contribution in [0.3, 0.4) is 0 Å². The number of hydrogen-bond donors (Lipinski definition) is 1. The number of rotatable bonds is 9. The molecule has 2 nitrogen and oxygen atoms in total. The molecule has 0 saturated heterocycles. The van der Waals surface area contributed by atoms with Crippen molar-refractivity contribution in [2.24, 2.45) is 0 Å². The number of aromatic hydroxyl groups is 1. The van der Waals surface area contributed by atoms with Crippen molar-refractivity contribution < 1.29 is 9.84 Å². The van der Waals surface area contributed by atoms with Gasteiger partial charge in [-0.15, -0.1) is 13.2 Å². The third-order valence-electron chi connectivity index (χ3n) is 5.00. The van der Waals surface area contributed by atoms with Gasteiger partial charge in [-0.25, -0.2) is 0 Å². The molecule has 0 fully saturated rings. The Balaban J connectivity index is 1.85. The second-order valence-corrected chi connectivity index (χ2v) is 7.12. The van der Waals surface area contributed by atoms with Crippen LogP contribution in [0, 0.1) is 0 Å². The van der Waals surface area contributed by atoms with Crippen molar-refractivity contribution in [3.63, 3.8) is 0 Å². The topological polar surface area (TPSA) is 29.5 Å². The Morgan fingerprint density at radius 1 is 0.828 bits per heavy atom. The normalized spacial score (nSPS) is 10.5. The van der Waals surface area contributed by atoms with Gasteiger partial charge in [-0.2, -0.15) is 0 Å². The van der Waals surface area contributed by atoms with Crippen molar-refractivity contribution in [1.29, 1.82) is 0 Å². The maximum atomic E-state index is 10.4. The molecule has 0 heterocycles. The Labute approximate surface area is 173 Å². The van der Waals surface area contributed by atoms with Gasteiger partial charge < -0.3 is 9.84 Å². The number of phenolic OH excluding ortho intramolecular Hbond substituents is 1. The molecule has 0 radical (unpaired) electrons. The summed E-state index contributed by atoms with van der Waals surface area (Å²) in [7, 11) is 0. The first-order chi connectivity index (χ1) is 14.1. The largest absolute Gasteiger partial charge is 0.507 e. The number of benzene rings is 3. The molecule has 0 aromatic heterocycles. The number of ether oxygens (including phenoxy) is 1. The zero-order valence-corrected chi connectivity index (χ0v) is 17.0. The van der Waals surface area contributed by atoms with E-state index in [4.69, 9.17) is 4.74 Å². The minimum atomic E-state index is 0.270. The summed E-state index contributed by atoms with van der Waals surface area (Å²) in [4.78, 5) is 0. The van der Waals surface area contributed by atoms with E-state index in [1.807, 2.05) is 36.4 Å². The number of aryl methyl sites for hydroxylation is 1. The van der Waals surface area contributed by atoms with Gasteiger partial charge >= 0.3 is 0 Å². The Morgan fingerprint density at radius 2 is 1.52 bits per heavy atom. The predicted molar refractivity (Wildman–Crippen MR) is 121 cm³/mol. The van der Waals surface area contributed by atoms with E-state index >= 15 is 0 Å². The molecular weight excluding hydrogens is 356 g/mol. The summed E-state index contributed by atoms with van der Waals surface area (Å²) >= 11 is 0. The lowest BCUT2D eigenvalue weighted by Gasteiger charge is -2.14. The first-order valence-electron chi connectivity index (χ1n) is 10.0. The third kappa shape index (κ3) is 5.17. The van der Waals surface area contributed by atoms with Crippen molar-refractivity contribution in [3.05, 3.63) is 108 Å². The lowest BCUT2D eigenvalue weighted by Crippen LogP contribution is -1.99. The molecular formula is C27H28O2. The van der Waals surface area contributed by atoms with Crippen LogP contribution in [-0.4, -0.2) is 5.11 Å². The molecule has 0 aliphatic heterocycles. The van der Waals surface area contributed by atoms with Crippen molar-refractivity contribution >= 4 is 0 Å². The van der Waals surface area contributed by atoms with Crippen LogP contribution in [0.1, 0.15) is 29.2 Å². The third-order valence-corrected chi connectivity index (χ3v) is 5.00. The SMILES string of the molecule is C=CCc1ccc(O)c(-c2ccc(OCc3ccc(CC)cc3)c(CC=C)c2)c1. The smallest absolute Gasteiger partial charge is 0.123 e. The Hall–Kier alpha value is -3.26. The molecule has 0 atom stereocenters. The van der Waals surface area contributed by atoms with Crippen LogP contribution in [0.4, 0.5) is 0 Å². The lowest BCUT2D eigenvalue weighted by atomic mass is 9.97. The second kappa shape index (κ2) is 9.79. The average Bonchev–Trinajstić information content (AvgIpc) is 2.75. The Bertz CT molecular complexity index is 984. The second-order valence-electron chi connectivity index (χ2n) is 7.12. The molecule has 0 spiro atoms. The first-order valence-corrected chi connectivity index (χ1v) is 10.0. The van der Waals surface area contributed by atoms with Gasteiger partial charge in [0.2, 0.25) is 0 Å². The van der Waals surface area contributed by atoms with Crippen molar-refractivity contribution in [2.75, 3.05) is 0 Å². The molecule has 0 aliphatic rings. The van der Waals surface area contributed by atoms with Crippen LogP contribution in [-0.2, 0) is 25.9 Å². The van der Waals surface area contributed by atoms with E-state index in [0.717, 1.165) is 46.4 Å². The van der Waals surface area contributed by atoms with Gasteiger partial charge in [0.05, 0.1) is 0 Å². The summed E-state index contributed by atoms with van der Waals surface area (Å²) in [5.41, 5.74) is 6.42. The van der Waals surface area contributed by atoms with Crippen molar-refractivity contribution in [2.45, 2.75) is 32.8 Å². The van der Waals surface area contributed by atoms with Crippen molar-refractivity contribution in [1.82, 2.24) is 0 Å². The molecule has 3 rings (SSSR count). The fraction of sp³-hybridized carbons (Fsp3) is 0.185. The molecule has 0 unspecified atom stereocenters. The van der Waals surface area contributed by atoms with E-state index in [-0.39, 0.29) is 5.75 Å². The van der Waals surface area contributed by atoms with E-state index in [0.29, 0.717) is 13.0 Å². The van der Waals surface area contributed by atoms with Gasteiger partial charge in [0.25, 0.3) is 0 Å². The quantitative estimate of drug-likeness (QED) is 0.418. The molecule has 0 amide bonds. The molecule has 148 valence electrons. The molecule has 1 N–H and O–H groups in total. The summed E-state index contributed by atoms with van der Waals surface area (Å²) in [6, 6.07) is 20.2. The highest BCUT2D eigenvalue weighted by Crippen LogP contribution is 2.34. The van der Waals surface area contributed by atoms with Crippen LogP contribution in [0.25, 0.3) is 11.1 Å². The lowest BCUT2D eigenvalue weighted by molar-refractivity contribution is 0.303. The molecule has 0 aliphatic carbocycles. The predicted octanol–water partition coefficient (Wildman–Crippen LogP) is 6.66. The van der Waals surface area contributed by atoms with E-state index in [1.165, 1.54) is 5.56 Å². The minimum absolute atomic E-state index is 0.270. The highest BCUT2D eigenvalue weighted by atomic mass is 16.5. The minimum Gasteiger partial charge on any atom is -0.507 e. The molecule has 3 aromatic rings. The summed E-state index contributed by atoms with van der Waals surface area (Å²) in [5.74, 6) is 1.11. The van der Waals surface area contributed by atoms with Crippen LogP contribution in [0.2, 0.25) is 0 Å². The summed E-state index contributed by atoms with van der Waals surface area (Å²) < 4.78 is 6.11.